The second-order valence-electron chi connectivity index (χ2n) is 8.54. The van der Waals surface area contributed by atoms with Gasteiger partial charge in [-0.15, -0.1) is 0 Å². The lowest BCUT2D eigenvalue weighted by molar-refractivity contribution is -0.127. The molecule has 4 nitrogen and oxygen atoms in total. The predicted molar refractivity (Wildman–Crippen MR) is 135 cm³/mol. The van der Waals surface area contributed by atoms with E-state index in [1.54, 1.807) is 12.1 Å². The van der Waals surface area contributed by atoms with Crippen LogP contribution in [0.2, 0.25) is 0 Å². The molecule has 4 aromatic rings. The van der Waals surface area contributed by atoms with Crippen molar-refractivity contribution in [2.45, 2.75) is 24.3 Å². The zero-order chi connectivity index (χ0) is 24.7. The number of nitrogens with one attached hydrogen (secondary N) is 1. The third-order valence-electron chi connectivity index (χ3n) is 6.23. The standard InChI is InChI=1S/C30H27FN2O2/c31-26-18-10-11-22(19-26)20-27(29(32)35)33-28(34)21-30(23-12-4-1-5-13-23,24-14-6-2-7-15-24)25-16-8-3-9-17-25/h1-19,27H,20-21H2,(H2,32,35)(H,33,34)/t27-/m1/s1. The molecule has 0 radical (unpaired) electrons. The normalized spacial score (nSPS) is 12.0. The van der Waals surface area contributed by atoms with Crippen molar-refractivity contribution in [1.82, 2.24) is 5.32 Å². The van der Waals surface area contributed by atoms with Gasteiger partial charge in [0.05, 0.1) is 5.41 Å². The van der Waals surface area contributed by atoms with Gasteiger partial charge in [0.25, 0.3) is 0 Å². The lowest BCUT2D eigenvalue weighted by atomic mass is 9.67. The molecule has 0 aliphatic rings. The molecule has 176 valence electrons. The number of amides is 2. The second-order valence-corrected chi connectivity index (χ2v) is 8.54. The maximum absolute atomic E-state index is 13.7. The van der Waals surface area contributed by atoms with E-state index >= 15 is 0 Å². The quantitative estimate of drug-likeness (QED) is 0.349. The number of carbonyl (C=O) groups excluding carboxylic acids is 2. The third-order valence-corrected chi connectivity index (χ3v) is 6.23. The molecule has 5 heteroatoms. The van der Waals surface area contributed by atoms with Gasteiger partial charge in [0.1, 0.15) is 11.9 Å². The van der Waals surface area contributed by atoms with Crippen LogP contribution in [-0.2, 0) is 21.4 Å². The SMILES string of the molecule is NC(=O)[C@@H](Cc1cccc(F)c1)NC(=O)CC(c1ccccc1)(c1ccccc1)c1ccccc1. The number of hydrogen-bond donors (Lipinski definition) is 2. The Morgan fingerprint density at radius 3 is 1.66 bits per heavy atom. The van der Waals surface area contributed by atoms with Crippen LogP contribution in [0.1, 0.15) is 28.7 Å². The maximum atomic E-state index is 13.7. The smallest absolute Gasteiger partial charge is 0.240 e. The van der Waals surface area contributed by atoms with Crippen LogP contribution in [0.3, 0.4) is 0 Å². The first-order valence-electron chi connectivity index (χ1n) is 11.5. The van der Waals surface area contributed by atoms with Gasteiger partial charge in [0.2, 0.25) is 11.8 Å². The molecule has 2 amide bonds. The molecule has 1 atom stereocenters. The van der Waals surface area contributed by atoms with Gasteiger partial charge in [-0.25, -0.2) is 4.39 Å². The third kappa shape index (κ3) is 5.46. The number of benzene rings is 4. The van der Waals surface area contributed by atoms with Crippen molar-refractivity contribution in [3.05, 3.63) is 143 Å². The van der Waals surface area contributed by atoms with Crippen molar-refractivity contribution in [2.75, 3.05) is 0 Å². The molecule has 0 saturated carbocycles. The fraction of sp³-hybridized carbons (Fsp3) is 0.133. The van der Waals surface area contributed by atoms with E-state index in [4.69, 9.17) is 5.73 Å². The van der Waals surface area contributed by atoms with E-state index in [1.165, 1.54) is 12.1 Å². The lowest BCUT2D eigenvalue weighted by Crippen LogP contribution is -2.48. The van der Waals surface area contributed by atoms with Gasteiger partial charge in [-0.1, -0.05) is 103 Å². The summed E-state index contributed by atoms with van der Waals surface area (Å²) >= 11 is 0. The molecule has 0 aromatic heterocycles. The Hall–Kier alpha value is -4.25. The molecular formula is C30H27FN2O2. The lowest BCUT2D eigenvalue weighted by Gasteiger charge is -2.36. The van der Waals surface area contributed by atoms with Crippen molar-refractivity contribution in [2.24, 2.45) is 5.73 Å². The van der Waals surface area contributed by atoms with Gasteiger partial charge >= 0.3 is 0 Å². The minimum absolute atomic E-state index is 0.0535. The van der Waals surface area contributed by atoms with Crippen molar-refractivity contribution in [1.29, 1.82) is 0 Å². The van der Waals surface area contributed by atoms with Crippen LogP contribution in [0.5, 0.6) is 0 Å². The fourth-order valence-electron chi connectivity index (χ4n) is 4.58. The van der Waals surface area contributed by atoms with Crippen LogP contribution >= 0.6 is 0 Å². The van der Waals surface area contributed by atoms with E-state index in [1.807, 2.05) is 91.0 Å². The summed E-state index contributed by atoms with van der Waals surface area (Å²) in [6, 6.07) is 34.5. The van der Waals surface area contributed by atoms with E-state index < -0.39 is 23.2 Å². The minimum atomic E-state index is -0.968. The van der Waals surface area contributed by atoms with Crippen molar-refractivity contribution in [3.63, 3.8) is 0 Å². The Morgan fingerprint density at radius 1 is 0.743 bits per heavy atom. The van der Waals surface area contributed by atoms with Gasteiger partial charge in [-0.3, -0.25) is 9.59 Å². The topological polar surface area (TPSA) is 72.2 Å². The molecule has 0 fully saturated rings. The van der Waals surface area contributed by atoms with Crippen molar-refractivity contribution in [3.8, 4) is 0 Å². The highest BCUT2D eigenvalue weighted by atomic mass is 19.1. The van der Waals surface area contributed by atoms with E-state index in [0.717, 1.165) is 16.7 Å². The van der Waals surface area contributed by atoms with Crippen molar-refractivity contribution < 1.29 is 14.0 Å². The average Bonchev–Trinajstić information content (AvgIpc) is 2.88. The summed E-state index contributed by atoms with van der Waals surface area (Å²) < 4.78 is 13.7. The molecule has 0 spiro atoms. The monoisotopic (exact) mass is 466 g/mol. The zero-order valence-electron chi connectivity index (χ0n) is 19.2. The summed E-state index contributed by atoms with van der Waals surface area (Å²) in [5, 5.41) is 2.81. The molecule has 0 heterocycles. The van der Waals surface area contributed by atoms with Gasteiger partial charge in [0.15, 0.2) is 0 Å². The molecular weight excluding hydrogens is 439 g/mol. The van der Waals surface area contributed by atoms with Gasteiger partial charge < -0.3 is 11.1 Å². The first-order valence-corrected chi connectivity index (χ1v) is 11.5. The molecule has 0 aliphatic heterocycles. The van der Waals surface area contributed by atoms with Gasteiger partial charge in [-0.2, -0.15) is 0 Å². The second kappa shape index (κ2) is 10.8. The molecule has 0 saturated heterocycles. The summed E-state index contributed by atoms with van der Waals surface area (Å²) in [5.74, 6) is -1.41. The molecule has 4 rings (SSSR count). The van der Waals surface area contributed by atoms with Crippen LogP contribution < -0.4 is 11.1 Å². The van der Waals surface area contributed by atoms with Crippen LogP contribution in [0.4, 0.5) is 4.39 Å². The van der Waals surface area contributed by atoms with E-state index in [2.05, 4.69) is 5.32 Å². The Morgan fingerprint density at radius 2 is 1.23 bits per heavy atom. The Balaban J connectivity index is 1.73. The van der Waals surface area contributed by atoms with Gasteiger partial charge in [-0.05, 0) is 34.4 Å². The number of carbonyl (C=O) groups is 2. The fourth-order valence-corrected chi connectivity index (χ4v) is 4.58. The molecule has 0 unspecified atom stereocenters. The number of nitrogens with two attached hydrogens (primary N) is 1. The summed E-state index contributed by atoms with van der Waals surface area (Å²) in [4.78, 5) is 25.8. The summed E-state index contributed by atoms with van der Waals surface area (Å²) in [6.07, 6.45) is 0.159. The Bertz CT molecular complexity index is 1180. The minimum Gasteiger partial charge on any atom is -0.368 e. The Kier molecular flexibility index (Phi) is 7.36. The van der Waals surface area contributed by atoms with E-state index in [9.17, 15) is 14.0 Å². The summed E-state index contributed by atoms with van der Waals surface area (Å²) in [6.45, 7) is 0. The molecule has 0 aliphatic carbocycles. The molecule has 35 heavy (non-hydrogen) atoms. The average molecular weight is 467 g/mol. The van der Waals surface area contributed by atoms with Crippen molar-refractivity contribution >= 4 is 11.8 Å². The molecule has 3 N–H and O–H groups in total. The van der Waals surface area contributed by atoms with E-state index in [-0.39, 0.29) is 18.7 Å². The highest BCUT2D eigenvalue weighted by Gasteiger charge is 2.39. The Labute approximate surface area is 204 Å². The molecule has 0 bridgehead atoms. The highest BCUT2D eigenvalue weighted by Crippen LogP contribution is 2.42. The summed E-state index contributed by atoms with van der Waals surface area (Å²) in [7, 11) is 0. The van der Waals surface area contributed by atoms with Gasteiger partial charge in [0, 0.05) is 12.8 Å². The van der Waals surface area contributed by atoms with Crippen LogP contribution in [0.15, 0.2) is 115 Å². The summed E-state index contributed by atoms with van der Waals surface area (Å²) in [5.41, 5.74) is 8.26. The maximum Gasteiger partial charge on any atom is 0.240 e. The molecule has 4 aromatic carbocycles. The zero-order valence-corrected chi connectivity index (χ0v) is 19.2. The van der Waals surface area contributed by atoms with Crippen LogP contribution in [0, 0.1) is 5.82 Å². The first-order chi connectivity index (χ1) is 17.0. The number of hydrogen-bond acceptors (Lipinski definition) is 2. The number of rotatable bonds is 9. The first kappa shape index (κ1) is 23.9. The van der Waals surface area contributed by atoms with Crippen LogP contribution in [-0.4, -0.2) is 17.9 Å². The predicted octanol–water partition coefficient (Wildman–Crippen LogP) is 4.76. The largest absolute Gasteiger partial charge is 0.368 e. The number of halogens is 1. The van der Waals surface area contributed by atoms with Crippen LogP contribution in [0.25, 0.3) is 0 Å². The van der Waals surface area contributed by atoms with E-state index in [0.29, 0.717) is 5.56 Å². The number of primary amides is 1. The highest BCUT2D eigenvalue weighted by molar-refractivity contribution is 5.88.